The predicted molar refractivity (Wildman–Crippen MR) is 81.1 cm³/mol. The summed E-state index contributed by atoms with van der Waals surface area (Å²) in [5.41, 5.74) is 1.93. The number of thioether (sulfide) groups is 1. The van der Waals surface area contributed by atoms with Gasteiger partial charge in [-0.15, -0.1) is 0 Å². The Morgan fingerprint density at radius 2 is 2.20 bits per heavy atom. The van der Waals surface area contributed by atoms with Crippen molar-refractivity contribution >= 4 is 40.1 Å². The van der Waals surface area contributed by atoms with Crippen molar-refractivity contribution in [3.05, 3.63) is 24.0 Å². The summed E-state index contributed by atoms with van der Waals surface area (Å²) in [5.74, 6) is 2.15. The first-order valence-corrected chi connectivity index (χ1v) is 7.75. The summed E-state index contributed by atoms with van der Waals surface area (Å²) in [6.45, 7) is 3.02. The summed E-state index contributed by atoms with van der Waals surface area (Å²) in [5, 5.41) is 10.1. The van der Waals surface area contributed by atoms with Crippen LogP contribution >= 0.6 is 11.8 Å². The van der Waals surface area contributed by atoms with Gasteiger partial charge in [-0.05, 0) is 24.3 Å². The average Bonchev–Trinajstić information content (AvgIpc) is 2.45. The van der Waals surface area contributed by atoms with E-state index in [0.717, 1.165) is 34.9 Å². The van der Waals surface area contributed by atoms with Crippen molar-refractivity contribution in [2.45, 2.75) is 13.3 Å². The van der Waals surface area contributed by atoms with E-state index in [-0.39, 0.29) is 5.56 Å². The summed E-state index contributed by atoms with van der Waals surface area (Å²) in [4.78, 5) is 21.7. The summed E-state index contributed by atoms with van der Waals surface area (Å²) in [6, 6.07) is 3.32. The van der Waals surface area contributed by atoms with Crippen molar-refractivity contribution in [2.75, 3.05) is 23.0 Å². The van der Waals surface area contributed by atoms with Gasteiger partial charge in [0.25, 0.3) is 0 Å². The predicted octanol–water partition coefficient (Wildman–Crippen LogP) is 2.92. The minimum atomic E-state index is -0.921. The fourth-order valence-corrected chi connectivity index (χ4v) is 3.19. The first-order valence-electron chi connectivity index (χ1n) is 6.59. The third-order valence-corrected chi connectivity index (χ3v) is 4.47. The molecule has 104 valence electrons. The first kappa shape index (κ1) is 13.2. The molecule has 1 aliphatic heterocycles. The number of carboxylic acid groups (broad SMARTS) is 1. The second-order valence-electron chi connectivity index (χ2n) is 4.66. The van der Waals surface area contributed by atoms with Gasteiger partial charge in [0.05, 0.1) is 22.2 Å². The lowest BCUT2D eigenvalue weighted by atomic mass is 10.0. The number of nitrogens with zero attached hydrogens (tertiary/aromatic N) is 3. The molecule has 0 aliphatic carbocycles. The smallest absolute Gasteiger partial charge is 0.335 e. The van der Waals surface area contributed by atoms with E-state index >= 15 is 0 Å². The molecule has 3 rings (SSSR count). The van der Waals surface area contributed by atoms with Gasteiger partial charge in [0.2, 0.25) is 0 Å². The first-order chi connectivity index (χ1) is 9.72. The third-order valence-electron chi connectivity index (χ3n) is 3.30. The maximum atomic E-state index is 11.2. The minimum absolute atomic E-state index is 0.281. The van der Waals surface area contributed by atoms with Crippen LogP contribution in [0.1, 0.15) is 23.7 Å². The standard InChI is InChI=1S/C14H15N3O2S/c1-2-4-20-5-3-17-11-7-9(14(18)19)6-10-12(11)13(17)16-8-15-10/h6-8H,2-5H2,1H3,(H,18,19). The zero-order valence-corrected chi connectivity index (χ0v) is 12.0. The largest absolute Gasteiger partial charge is 0.478 e. The number of benzene rings is 1. The quantitative estimate of drug-likeness (QED) is 0.825. The Morgan fingerprint density at radius 1 is 1.35 bits per heavy atom. The van der Waals surface area contributed by atoms with Crippen LogP contribution in [0, 0.1) is 0 Å². The van der Waals surface area contributed by atoms with E-state index < -0.39 is 5.97 Å². The molecule has 0 unspecified atom stereocenters. The minimum Gasteiger partial charge on any atom is -0.478 e. The number of hydrogen-bond acceptors (Lipinski definition) is 5. The monoisotopic (exact) mass is 289 g/mol. The average molecular weight is 289 g/mol. The molecule has 1 aliphatic rings. The Bertz CT molecular complexity index is 675. The molecule has 0 amide bonds. The summed E-state index contributed by atoms with van der Waals surface area (Å²) >= 11 is 1.90. The van der Waals surface area contributed by atoms with Crippen molar-refractivity contribution in [2.24, 2.45) is 0 Å². The van der Waals surface area contributed by atoms with Gasteiger partial charge in [0.1, 0.15) is 12.1 Å². The highest BCUT2D eigenvalue weighted by molar-refractivity contribution is 7.99. The molecule has 2 heterocycles. The molecule has 1 N–H and O–H groups in total. The van der Waals surface area contributed by atoms with Gasteiger partial charge >= 0.3 is 5.97 Å². The number of anilines is 2. The van der Waals surface area contributed by atoms with Crippen molar-refractivity contribution < 1.29 is 9.90 Å². The highest BCUT2D eigenvalue weighted by Crippen LogP contribution is 2.45. The second-order valence-corrected chi connectivity index (χ2v) is 5.88. The summed E-state index contributed by atoms with van der Waals surface area (Å²) in [6.07, 6.45) is 2.67. The lowest BCUT2D eigenvalue weighted by molar-refractivity contribution is 0.0697. The molecule has 0 atom stereocenters. The fourth-order valence-electron chi connectivity index (χ4n) is 2.38. The van der Waals surface area contributed by atoms with Crippen LogP contribution in [0.5, 0.6) is 0 Å². The normalized spacial score (nSPS) is 12.6. The molecule has 0 bridgehead atoms. The Morgan fingerprint density at radius 3 is 2.95 bits per heavy atom. The molecule has 0 radical (unpaired) electrons. The maximum absolute atomic E-state index is 11.2. The number of carbonyl (C=O) groups is 1. The van der Waals surface area contributed by atoms with Crippen LogP contribution in [-0.4, -0.2) is 39.1 Å². The molecule has 2 aromatic rings. The van der Waals surface area contributed by atoms with Crippen LogP contribution in [0.15, 0.2) is 18.5 Å². The fraction of sp³-hybridized carbons (Fsp3) is 0.357. The summed E-state index contributed by atoms with van der Waals surface area (Å²) in [7, 11) is 0. The molecule has 5 nitrogen and oxygen atoms in total. The topological polar surface area (TPSA) is 66.3 Å². The highest BCUT2D eigenvalue weighted by atomic mass is 32.2. The Hall–Kier alpha value is -1.82. The van der Waals surface area contributed by atoms with Gasteiger partial charge in [0.15, 0.2) is 0 Å². The molecular formula is C14H15N3O2S. The molecule has 1 aromatic heterocycles. The maximum Gasteiger partial charge on any atom is 0.335 e. The summed E-state index contributed by atoms with van der Waals surface area (Å²) < 4.78 is 0. The molecule has 0 saturated carbocycles. The Kier molecular flexibility index (Phi) is 3.48. The van der Waals surface area contributed by atoms with Crippen LogP contribution in [-0.2, 0) is 0 Å². The van der Waals surface area contributed by atoms with Gasteiger partial charge in [-0.2, -0.15) is 11.8 Å². The van der Waals surface area contributed by atoms with E-state index in [9.17, 15) is 4.79 Å². The van der Waals surface area contributed by atoms with Crippen molar-refractivity contribution in [3.63, 3.8) is 0 Å². The molecule has 1 aromatic carbocycles. The van der Waals surface area contributed by atoms with Crippen molar-refractivity contribution in [3.8, 4) is 0 Å². The van der Waals surface area contributed by atoms with Crippen LogP contribution < -0.4 is 4.90 Å². The Labute approximate surface area is 121 Å². The molecule has 6 heteroatoms. The van der Waals surface area contributed by atoms with Crippen LogP contribution in [0.2, 0.25) is 0 Å². The lowest BCUT2D eigenvalue weighted by Crippen LogP contribution is -2.28. The zero-order chi connectivity index (χ0) is 14.1. The van der Waals surface area contributed by atoms with Crippen LogP contribution in [0.4, 0.5) is 11.5 Å². The van der Waals surface area contributed by atoms with Crippen molar-refractivity contribution in [1.82, 2.24) is 9.97 Å². The van der Waals surface area contributed by atoms with E-state index in [1.807, 2.05) is 11.8 Å². The second kappa shape index (κ2) is 5.28. The van der Waals surface area contributed by atoms with Gasteiger partial charge in [0, 0.05) is 12.3 Å². The zero-order valence-electron chi connectivity index (χ0n) is 11.2. The van der Waals surface area contributed by atoms with E-state index in [1.165, 1.54) is 12.7 Å². The number of hydrogen-bond donors (Lipinski definition) is 1. The number of rotatable bonds is 6. The third kappa shape index (κ3) is 2.10. The molecule has 0 saturated heterocycles. The van der Waals surface area contributed by atoms with Gasteiger partial charge in [-0.1, -0.05) is 6.92 Å². The number of aromatic nitrogens is 2. The van der Waals surface area contributed by atoms with E-state index in [1.54, 1.807) is 12.1 Å². The Balaban J connectivity index is 1.88. The van der Waals surface area contributed by atoms with Crippen molar-refractivity contribution in [1.29, 1.82) is 0 Å². The molecule has 20 heavy (non-hydrogen) atoms. The van der Waals surface area contributed by atoms with Crippen LogP contribution in [0.3, 0.4) is 0 Å². The molecule has 0 fully saturated rings. The van der Waals surface area contributed by atoms with E-state index in [4.69, 9.17) is 5.11 Å². The SMILES string of the molecule is CCCSCCN1c2cc(C(=O)O)cc3ncnc1c23. The van der Waals surface area contributed by atoms with E-state index in [2.05, 4.69) is 21.8 Å². The van der Waals surface area contributed by atoms with Crippen LogP contribution in [0.25, 0.3) is 10.9 Å². The number of aromatic carboxylic acids is 1. The van der Waals surface area contributed by atoms with E-state index in [0.29, 0.717) is 5.52 Å². The highest BCUT2D eigenvalue weighted by Gasteiger charge is 2.29. The number of carboxylic acids is 1. The van der Waals surface area contributed by atoms with Gasteiger partial charge < -0.3 is 10.0 Å². The lowest BCUT2D eigenvalue weighted by Gasteiger charge is -2.34. The molecular weight excluding hydrogens is 274 g/mol. The van der Waals surface area contributed by atoms with Gasteiger partial charge in [-0.25, -0.2) is 14.8 Å². The van der Waals surface area contributed by atoms with Gasteiger partial charge in [-0.3, -0.25) is 0 Å². The molecule has 0 spiro atoms.